The second-order valence-corrected chi connectivity index (χ2v) is 3.72. The summed E-state index contributed by atoms with van der Waals surface area (Å²) in [7, 11) is 0. The summed E-state index contributed by atoms with van der Waals surface area (Å²) in [5.74, 6) is -1.50. The number of carboxylic acid groups (broad SMARTS) is 1. The number of carbonyl (C=O) groups is 2. The first-order valence-electron chi connectivity index (χ1n) is 5.58. The SMILES string of the molecule is O=C(O)/C=C/c1cnccc1C(=O)Nc1cncnc1. The molecule has 0 bridgehead atoms. The Balaban J connectivity index is 2.24. The Hall–Kier alpha value is -3.09. The van der Waals surface area contributed by atoms with E-state index in [0.29, 0.717) is 16.8 Å². The molecule has 7 nitrogen and oxygen atoms in total. The summed E-state index contributed by atoms with van der Waals surface area (Å²) in [4.78, 5) is 34.1. The predicted molar refractivity (Wildman–Crippen MR) is 70.9 cm³/mol. The van der Waals surface area contributed by atoms with E-state index in [9.17, 15) is 9.59 Å². The van der Waals surface area contributed by atoms with Crippen molar-refractivity contribution in [2.24, 2.45) is 0 Å². The molecule has 20 heavy (non-hydrogen) atoms. The third-order valence-corrected chi connectivity index (χ3v) is 2.32. The van der Waals surface area contributed by atoms with Crippen molar-refractivity contribution in [2.75, 3.05) is 5.32 Å². The maximum Gasteiger partial charge on any atom is 0.328 e. The molecule has 0 aromatic carbocycles. The zero-order valence-electron chi connectivity index (χ0n) is 10.2. The normalized spacial score (nSPS) is 10.4. The van der Waals surface area contributed by atoms with Gasteiger partial charge >= 0.3 is 5.97 Å². The van der Waals surface area contributed by atoms with Crippen LogP contribution in [0.1, 0.15) is 15.9 Å². The monoisotopic (exact) mass is 270 g/mol. The number of pyridine rings is 1. The van der Waals surface area contributed by atoms with E-state index in [1.54, 1.807) is 0 Å². The predicted octanol–water partition coefficient (Wildman–Crippen LogP) is 1.22. The van der Waals surface area contributed by atoms with Crippen LogP contribution in [-0.4, -0.2) is 31.9 Å². The van der Waals surface area contributed by atoms with Gasteiger partial charge in [-0.2, -0.15) is 0 Å². The third-order valence-electron chi connectivity index (χ3n) is 2.32. The Kier molecular flexibility index (Phi) is 4.13. The summed E-state index contributed by atoms with van der Waals surface area (Å²) in [6.45, 7) is 0. The van der Waals surface area contributed by atoms with Gasteiger partial charge in [-0.05, 0) is 12.1 Å². The Morgan fingerprint density at radius 3 is 2.60 bits per heavy atom. The lowest BCUT2D eigenvalue weighted by Gasteiger charge is -2.06. The van der Waals surface area contributed by atoms with E-state index >= 15 is 0 Å². The van der Waals surface area contributed by atoms with Gasteiger partial charge in [0, 0.05) is 29.6 Å². The zero-order chi connectivity index (χ0) is 14.4. The Morgan fingerprint density at radius 1 is 1.15 bits per heavy atom. The van der Waals surface area contributed by atoms with E-state index in [4.69, 9.17) is 5.11 Å². The molecule has 100 valence electrons. The lowest BCUT2D eigenvalue weighted by atomic mass is 10.1. The molecule has 0 atom stereocenters. The first-order chi connectivity index (χ1) is 9.66. The van der Waals surface area contributed by atoms with Gasteiger partial charge in [0.25, 0.3) is 5.91 Å². The number of hydrogen-bond acceptors (Lipinski definition) is 5. The Morgan fingerprint density at radius 2 is 1.90 bits per heavy atom. The number of aromatic nitrogens is 3. The molecule has 0 saturated carbocycles. The first-order valence-corrected chi connectivity index (χ1v) is 5.58. The molecule has 7 heteroatoms. The summed E-state index contributed by atoms with van der Waals surface area (Å²) in [6, 6.07) is 1.50. The maximum absolute atomic E-state index is 12.1. The Bertz CT molecular complexity index is 656. The van der Waals surface area contributed by atoms with Crippen LogP contribution >= 0.6 is 0 Å². The quantitative estimate of drug-likeness (QED) is 0.809. The van der Waals surface area contributed by atoms with Crippen LogP contribution in [0.2, 0.25) is 0 Å². The van der Waals surface area contributed by atoms with Crippen molar-refractivity contribution in [1.82, 2.24) is 15.0 Å². The van der Waals surface area contributed by atoms with Crippen molar-refractivity contribution >= 4 is 23.6 Å². The van der Waals surface area contributed by atoms with Crippen LogP contribution in [-0.2, 0) is 4.79 Å². The maximum atomic E-state index is 12.1. The molecule has 0 aliphatic heterocycles. The minimum atomic E-state index is -1.10. The van der Waals surface area contributed by atoms with Gasteiger partial charge < -0.3 is 10.4 Å². The van der Waals surface area contributed by atoms with E-state index in [2.05, 4.69) is 20.3 Å². The van der Waals surface area contributed by atoms with Gasteiger partial charge in [0.2, 0.25) is 0 Å². The number of rotatable bonds is 4. The third kappa shape index (κ3) is 3.45. The highest BCUT2D eigenvalue weighted by Crippen LogP contribution is 2.12. The number of hydrogen-bond donors (Lipinski definition) is 2. The summed E-state index contributed by atoms with van der Waals surface area (Å²) in [6.07, 6.45) is 9.39. The largest absolute Gasteiger partial charge is 0.478 e. The van der Waals surface area contributed by atoms with Crippen molar-refractivity contribution in [3.05, 3.63) is 54.4 Å². The van der Waals surface area contributed by atoms with Crippen LogP contribution in [0, 0.1) is 0 Å². The van der Waals surface area contributed by atoms with E-state index in [1.807, 2.05) is 0 Å². The fraction of sp³-hybridized carbons (Fsp3) is 0. The van der Waals surface area contributed by atoms with E-state index < -0.39 is 11.9 Å². The van der Waals surface area contributed by atoms with E-state index in [-0.39, 0.29) is 0 Å². The summed E-state index contributed by atoms with van der Waals surface area (Å²) >= 11 is 0. The Labute approximate surface area is 114 Å². The van der Waals surface area contributed by atoms with Gasteiger partial charge in [-0.15, -0.1) is 0 Å². The molecule has 0 radical (unpaired) electrons. The van der Waals surface area contributed by atoms with Crippen LogP contribution in [0.5, 0.6) is 0 Å². The number of aliphatic carboxylic acids is 1. The van der Waals surface area contributed by atoms with Crippen molar-refractivity contribution in [1.29, 1.82) is 0 Å². The summed E-state index contributed by atoms with van der Waals surface area (Å²) in [5, 5.41) is 11.2. The van der Waals surface area contributed by atoms with E-state index in [0.717, 1.165) is 6.08 Å². The van der Waals surface area contributed by atoms with Gasteiger partial charge in [0.1, 0.15) is 6.33 Å². The van der Waals surface area contributed by atoms with Crippen LogP contribution in [0.4, 0.5) is 5.69 Å². The number of nitrogens with zero attached hydrogens (tertiary/aromatic N) is 3. The molecule has 0 aliphatic rings. The lowest BCUT2D eigenvalue weighted by molar-refractivity contribution is -0.131. The molecule has 0 fully saturated rings. The molecule has 2 aromatic heterocycles. The van der Waals surface area contributed by atoms with Gasteiger partial charge in [-0.3, -0.25) is 9.78 Å². The second-order valence-electron chi connectivity index (χ2n) is 3.72. The van der Waals surface area contributed by atoms with Crippen LogP contribution < -0.4 is 5.32 Å². The average molecular weight is 270 g/mol. The van der Waals surface area contributed by atoms with Gasteiger partial charge in [0.15, 0.2) is 0 Å². The van der Waals surface area contributed by atoms with Crippen molar-refractivity contribution in [2.45, 2.75) is 0 Å². The highest BCUT2D eigenvalue weighted by atomic mass is 16.4. The molecular weight excluding hydrogens is 260 g/mol. The highest BCUT2D eigenvalue weighted by Gasteiger charge is 2.10. The summed E-state index contributed by atoms with van der Waals surface area (Å²) in [5.41, 5.74) is 1.16. The molecule has 0 unspecified atom stereocenters. The molecule has 1 amide bonds. The van der Waals surface area contributed by atoms with E-state index in [1.165, 1.54) is 43.3 Å². The van der Waals surface area contributed by atoms with Crippen molar-refractivity contribution < 1.29 is 14.7 Å². The van der Waals surface area contributed by atoms with Crippen LogP contribution in [0.3, 0.4) is 0 Å². The summed E-state index contributed by atoms with van der Waals surface area (Å²) < 4.78 is 0. The highest BCUT2D eigenvalue weighted by molar-refractivity contribution is 6.06. The fourth-order valence-corrected chi connectivity index (χ4v) is 1.47. The molecular formula is C13H10N4O3. The van der Waals surface area contributed by atoms with Crippen molar-refractivity contribution in [3.63, 3.8) is 0 Å². The fourth-order valence-electron chi connectivity index (χ4n) is 1.47. The number of anilines is 1. The number of amides is 1. The number of carboxylic acids is 1. The molecule has 0 aliphatic carbocycles. The molecule has 2 rings (SSSR count). The lowest BCUT2D eigenvalue weighted by Crippen LogP contribution is -2.13. The average Bonchev–Trinajstić information content (AvgIpc) is 2.46. The van der Waals surface area contributed by atoms with Crippen LogP contribution in [0.15, 0.2) is 43.3 Å². The van der Waals surface area contributed by atoms with Gasteiger partial charge in [-0.1, -0.05) is 0 Å². The smallest absolute Gasteiger partial charge is 0.328 e. The molecule has 2 aromatic rings. The standard InChI is InChI=1S/C13H10N4O3/c18-12(19)2-1-9-5-14-4-3-11(9)13(20)17-10-6-15-8-16-7-10/h1-8H,(H,17,20)(H,18,19)/b2-1+. The molecule has 0 saturated heterocycles. The number of carbonyl (C=O) groups excluding carboxylic acids is 1. The second kappa shape index (κ2) is 6.19. The minimum Gasteiger partial charge on any atom is -0.478 e. The molecule has 0 spiro atoms. The van der Waals surface area contributed by atoms with Gasteiger partial charge in [-0.25, -0.2) is 14.8 Å². The molecule has 2 heterocycles. The molecule has 2 N–H and O–H groups in total. The van der Waals surface area contributed by atoms with Gasteiger partial charge in [0.05, 0.1) is 18.1 Å². The van der Waals surface area contributed by atoms with Crippen LogP contribution in [0.25, 0.3) is 6.08 Å². The minimum absolute atomic E-state index is 0.307. The van der Waals surface area contributed by atoms with Crippen molar-refractivity contribution in [3.8, 4) is 0 Å². The zero-order valence-corrected chi connectivity index (χ0v) is 10.2. The number of nitrogens with one attached hydrogen (secondary N) is 1. The topological polar surface area (TPSA) is 105 Å². The first kappa shape index (κ1) is 13.3.